The third kappa shape index (κ3) is 2.93. The Morgan fingerprint density at radius 1 is 1.23 bits per heavy atom. The van der Waals surface area contributed by atoms with E-state index in [-0.39, 0.29) is 0 Å². The molecule has 0 unspecified atom stereocenters. The Bertz CT molecular complexity index is 836. The predicted octanol–water partition coefficient (Wildman–Crippen LogP) is 3.21. The number of ether oxygens (including phenoxy) is 1. The molecule has 0 fully saturated rings. The summed E-state index contributed by atoms with van der Waals surface area (Å²) in [6, 6.07) is 12.2. The van der Waals surface area contributed by atoms with Crippen molar-refractivity contribution < 1.29 is 4.74 Å². The molecule has 0 atom stereocenters. The molecule has 0 aliphatic heterocycles. The quantitative estimate of drug-likeness (QED) is 0.751. The van der Waals surface area contributed by atoms with Crippen LogP contribution in [-0.2, 0) is 0 Å². The number of nitrogens with two attached hydrogens (primary N) is 1. The molecule has 2 N–H and O–H groups in total. The lowest BCUT2D eigenvalue weighted by atomic mass is 10.1. The largest absolute Gasteiger partial charge is 0.494 e. The molecule has 0 aliphatic carbocycles. The van der Waals surface area contributed by atoms with Gasteiger partial charge in [0, 0.05) is 0 Å². The zero-order chi connectivity index (χ0) is 15.5. The van der Waals surface area contributed by atoms with Gasteiger partial charge < -0.3 is 10.5 Å². The van der Waals surface area contributed by atoms with Gasteiger partial charge in [-0.2, -0.15) is 5.10 Å². The number of aryl methyl sites for hydroxylation is 1. The molecule has 3 rings (SSSR count). The van der Waals surface area contributed by atoms with Gasteiger partial charge in [-0.05, 0) is 48.4 Å². The fraction of sp³-hybridized carbons (Fsp3) is 0.176. The smallest absolute Gasteiger partial charge is 0.221 e. The molecule has 5 heteroatoms. The highest BCUT2D eigenvalue weighted by Crippen LogP contribution is 2.21. The van der Waals surface area contributed by atoms with Crippen LogP contribution in [0.15, 0.2) is 47.7 Å². The lowest BCUT2D eigenvalue weighted by Crippen LogP contribution is -1.97. The Kier molecular flexibility index (Phi) is 3.78. The second kappa shape index (κ2) is 5.89. The summed E-state index contributed by atoms with van der Waals surface area (Å²) in [5, 5.41) is 6.61. The van der Waals surface area contributed by atoms with Gasteiger partial charge in [-0.25, -0.2) is 9.66 Å². The summed E-state index contributed by atoms with van der Waals surface area (Å²) in [4.78, 5) is 4.11. The zero-order valence-corrected chi connectivity index (χ0v) is 12.7. The van der Waals surface area contributed by atoms with E-state index in [1.807, 2.05) is 38.1 Å². The van der Waals surface area contributed by atoms with E-state index in [1.165, 1.54) is 0 Å². The molecule has 0 saturated heterocycles. The molecule has 5 nitrogen and oxygen atoms in total. The standard InChI is InChI=1S/C17H18N4O/c1-3-22-16-7-6-14-8-13(4-5-15(14)9-16)10-19-21-11-12(2)20-17(21)18/h4-11H,3H2,1-2H3,(H2,18,20). The Balaban J connectivity index is 1.88. The topological polar surface area (TPSA) is 65.4 Å². The number of hydrogen-bond donors (Lipinski definition) is 1. The first-order chi connectivity index (χ1) is 10.7. The number of hydrogen-bond acceptors (Lipinski definition) is 4. The van der Waals surface area contributed by atoms with Crippen LogP contribution < -0.4 is 10.5 Å². The summed E-state index contributed by atoms with van der Waals surface area (Å²) < 4.78 is 7.08. The van der Waals surface area contributed by atoms with E-state index in [1.54, 1.807) is 17.1 Å². The van der Waals surface area contributed by atoms with E-state index in [0.29, 0.717) is 12.6 Å². The Hall–Kier alpha value is -2.82. The lowest BCUT2D eigenvalue weighted by Gasteiger charge is -2.05. The number of benzene rings is 2. The minimum Gasteiger partial charge on any atom is -0.494 e. The van der Waals surface area contributed by atoms with Crippen molar-refractivity contribution in [1.29, 1.82) is 0 Å². The summed E-state index contributed by atoms with van der Waals surface area (Å²) in [7, 11) is 0. The highest BCUT2D eigenvalue weighted by Gasteiger charge is 2.00. The van der Waals surface area contributed by atoms with Crippen LogP contribution in [0.4, 0.5) is 5.95 Å². The van der Waals surface area contributed by atoms with Gasteiger partial charge in [-0.3, -0.25) is 0 Å². The summed E-state index contributed by atoms with van der Waals surface area (Å²) in [6.07, 6.45) is 3.56. The molecule has 0 saturated carbocycles. The van der Waals surface area contributed by atoms with Crippen LogP contribution in [0.5, 0.6) is 5.75 Å². The molecule has 0 aliphatic rings. The fourth-order valence-electron chi connectivity index (χ4n) is 2.30. The van der Waals surface area contributed by atoms with Crippen molar-refractivity contribution in [2.24, 2.45) is 5.10 Å². The van der Waals surface area contributed by atoms with Crippen molar-refractivity contribution in [3.05, 3.63) is 53.9 Å². The molecule has 1 heterocycles. The molecule has 0 spiro atoms. The number of nitrogens with zero attached hydrogens (tertiary/aromatic N) is 3. The van der Waals surface area contributed by atoms with E-state index < -0.39 is 0 Å². The summed E-state index contributed by atoms with van der Waals surface area (Å²) in [5.74, 6) is 1.27. The molecule has 22 heavy (non-hydrogen) atoms. The number of rotatable bonds is 4. The first-order valence-corrected chi connectivity index (χ1v) is 7.18. The van der Waals surface area contributed by atoms with E-state index in [0.717, 1.165) is 27.8 Å². The summed E-state index contributed by atoms with van der Waals surface area (Å²) >= 11 is 0. The maximum absolute atomic E-state index is 5.77. The second-order valence-electron chi connectivity index (χ2n) is 5.03. The van der Waals surface area contributed by atoms with E-state index in [2.05, 4.69) is 22.2 Å². The molecule has 112 valence electrons. The van der Waals surface area contributed by atoms with Gasteiger partial charge in [0.25, 0.3) is 0 Å². The predicted molar refractivity (Wildman–Crippen MR) is 89.5 cm³/mol. The normalized spacial score (nSPS) is 11.4. The van der Waals surface area contributed by atoms with E-state index in [9.17, 15) is 0 Å². The maximum Gasteiger partial charge on any atom is 0.221 e. The Morgan fingerprint density at radius 3 is 2.73 bits per heavy atom. The number of anilines is 1. The second-order valence-corrected chi connectivity index (χ2v) is 5.03. The third-order valence-corrected chi connectivity index (χ3v) is 3.31. The Morgan fingerprint density at radius 2 is 2.00 bits per heavy atom. The molecule has 3 aromatic rings. The van der Waals surface area contributed by atoms with Crippen molar-refractivity contribution >= 4 is 22.9 Å². The number of imidazole rings is 1. The monoisotopic (exact) mass is 294 g/mol. The highest BCUT2D eigenvalue weighted by atomic mass is 16.5. The van der Waals surface area contributed by atoms with Gasteiger partial charge >= 0.3 is 0 Å². The van der Waals surface area contributed by atoms with Crippen LogP contribution >= 0.6 is 0 Å². The molecule has 0 amide bonds. The van der Waals surface area contributed by atoms with Crippen LogP contribution in [0, 0.1) is 6.92 Å². The molecule has 0 bridgehead atoms. The van der Waals surface area contributed by atoms with Crippen molar-refractivity contribution in [3.8, 4) is 5.75 Å². The first kappa shape index (κ1) is 14.1. The van der Waals surface area contributed by atoms with Crippen molar-refractivity contribution in [1.82, 2.24) is 9.66 Å². The van der Waals surface area contributed by atoms with Crippen LogP contribution in [0.1, 0.15) is 18.2 Å². The van der Waals surface area contributed by atoms with Gasteiger partial charge in [0.15, 0.2) is 0 Å². The van der Waals surface area contributed by atoms with Gasteiger partial charge in [0.1, 0.15) is 5.75 Å². The van der Waals surface area contributed by atoms with Gasteiger partial charge in [0.2, 0.25) is 5.95 Å². The Labute approximate surface area is 129 Å². The number of fused-ring (bicyclic) bond motifs is 1. The number of aromatic nitrogens is 2. The van der Waals surface area contributed by atoms with Crippen molar-refractivity contribution in [2.75, 3.05) is 12.3 Å². The number of nitrogen functional groups attached to an aromatic ring is 1. The third-order valence-electron chi connectivity index (χ3n) is 3.31. The highest BCUT2D eigenvalue weighted by molar-refractivity contribution is 5.91. The molecule has 1 aromatic heterocycles. The van der Waals surface area contributed by atoms with E-state index >= 15 is 0 Å². The van der Waals surface area contributed by atoms with Crippen molar-refractivity contribution in [2.45, 2.75) is 13.8 Å². The van der Waals surface area contributed by atoms with Crippen LogP contribution in [-0.4, -0.2) is 22.5 Å². The molecule has 2 aromatic carbocycles. The minimum atomic E-state index is 0.385. The average molecular weight is 294 g/mol. The first-order valence-electron chi connectivity index (χ1n) is 7.18. The minimum absolute atomic E-state index is 0.385. The molecule has 0 radical (unpaired) electrons. The van der Waals surface area contributed by atoms with Crippen LogP contribution in [0.25, 0.3) is 10.8 Å². The lowest BCUT2D eigenvalue weighted by molar-refractivity contribution is 0.341. The van der Waals surface area contributed by atoms with Gasteiger partial charge in [-0.1, -0.05) is 18.2 Å². The summed E-state index contributed by atoms with van der Waals surface area (Å²) in [5.41, 5.74) is 7.61. The van der Waals surface area contributed by atoms with E-state index in [4.69, 9.17) is 10.5 Å². The fourth-order valence-corrected chi connectivity index (χ4v) is 2.30. The average Bonchev–Trinajstić information content (AvgIpc) is 2.83. The van der Waals surface area contributed by atoms with Gasteiger partial charge in [0.05, 0.1) is 24.7 Å². The molecular weight excluding hydrogens is 276 g/mol. The van der Waals surface area contributed by atoms with Crippen LogP contribution in [0.2, 0.25) is 0 Å². The van der Waals surface area contributed by atoms with Gasteiger partial charge in [-0.15, -0.1) is 0 Å². The summed E-state index contributed by atoms with van der Waals surface area (Å²) in [6.45, 7) is 4.53. The SMILES string of the molecule is CCOc1ccc2cc(C=Nn3cc(C)nc3N)ccc2c1. The van der Waals surface area contributed by atoms with Crippen LogP contribution in [0.3, 0.4) is 0 Å². The maximum atomic E-state index is 5.77. The van der Waals surface area contributed by atoms with Crippen molar-refractivity contribution in [3.63, 3.8) is 0 Å². The zero-order valence-electron chi connectivity index (χ0n) is 12.7. The molecular formula is C17H18N4O.